The number of nitrogens with one attached hydrogen (secondary N) is 1. The molecule has 2 unspecified atom stereocenters. The third-order valence-electron chi connectivity index (χ3n) is 4.22. The van der Waals surface area contributed by atoms with Gasteiger partial charge >= 0.3 is 0 Å². The predicted octanol–water partition coefficient (Wildman–Crippen LogP) is 2.67. The van der Waals surface area contributed by atoms with Gasteiger partial charge in [-0.05, 0) is 23.0 Å². The van der Waals surface area contributed by atoms with E-state index in [1.807, 2.05) is 26.0 Å². The fourth-order valence-corrected chi connectivity index (χ4v) is 4.44. The van der Waals surface area contributed by atoms with Crippen LogP contribution in [0, 0.1) is 5.92 Å². The zero-order valence-corrected chi connectivity index (χ0v) is 15.4. The second-order valence-corrected chi connectivity index (χ2v) is 8.92. The highest BCUT2D eigenvalue weighted by atomic mass is 32.2. The van der Waals surface area contributed by atoms with Crippen LogP contribution in [-0.4, -0.2) is 38.9 Å². The number of benzene rings is 1. The van der Waals surface area contributed by atoms with Gasteiger partial charge in [0.25, 0.3) is 0 Å². The maximum absolute atomic E-state index is 12.6. The molecular weight excluding hydrogens is 312 g/mol. The fraction of sp³-hybridized carbons (Fsp3) is 0.647. The van der Waals surface area contributed by atoms with Crippen LogP contribution in [0.1, 0.15) is 50.8 Å². The smallest absolute Gasteiger partial charge is 0.218 e. The van der Waals surface area contributed by atoms with Gasteiger partial charge in [0, 0.05) is 13.6 Å². The van der Waals surface area contributed by atoms with Gasteiger partial charge in [0.2, 0.25) is 10.0 Å². The number of hydrogen-bond donors (Lipinski definition) is 1. The molecule has 1 saturated heterocycles. The summed E-state index contributed by atoms with van der Waals surface area (Å²) < 4.78 is 28.0. The average molecular weight is 340 g/mol. The van der Waals surface area contributed by atoms with Crippen LogP contribution in [0.4, 0.5) is 0 Å². The molecule has 1 aromatic carbocycles. The first-order chi connectivity index (χ1) is 10.7. The highest BCUT2D eigenvalue weighted by Gasteiger charge is 2.43. The van der Waals surface area contributed by atoms with Gasteiger partial charge < -0.3 is 0 Å². The normalized spacial score (nSPS) is 23.1. The van der Waals surface area contributed by atoms with Crippen LogP contribution in [0.2, 0.25) is 0 Å². The standard InChI is InChI=1S/C17H28N2O3S/c1-12(2)10-18-23(20,21)16-11-22-19(5)17(16)15-8-6-14(7-9-15)13(3)4/h6-9,12-13,16-18H,10-11H2,1-5H3. The molecule has 1 aromatic rings. The summed E-state index contributed by atoms with van der Waals surface area (Å²) in [4.78, 5) is 5.52. The molecule has 2 atom stereocenters. The largest absolute Gasteiger partial charge is 0.297 e. The minimum absolute atomic E-state index is 0.181. The summed E-state index contributed by atoms with van der Waals surface area (Å²) in [7, 11) is -1.64. The van der Waals surface area contributed by atoms with E-state index in [1.54, 1.807) is 12.1 Å². The summed E-state index contributed by atoms with van der Waals surface area (Å²) in [6, 6.07) is 7.86. The van der Waals surface area contributed by atoms with Gasteiger partial charge in [0.15, 0.2) is 0 Å². The van der Waals surface area contributed by atoms with E-state index in [4.69, 9.17) is 4.84 Å². The number of nitrogens with zero attached hydrogens (tertiary/aromatic N) is 1. The van der Waals surface area contributed by atoms with Gasteiger partial charge in [-0.25, -0.2) is 13.1 Å². The SMILES string of the molecule is CC(C)CNS(=O)(=O)C1CON(C)C1c1ccc(C(C)C)cc1. The summed E-state index contributed by atoms with van der Waals surface area (Å²) in [5, 5.41) is 1.06. The lowest BCUT2D eigenvalue weighted by molar-refractivity contribution is -0.110. The molecule has 0 radical (unpaired) electrons. The molecule has 0 aromatic heterocycles. The van der Waals surface area contributed by atoms with Crippen LogP contribution < -0.4 is 4.72 Å². The molecule has 130 valence electrons. The Kier molecular flexibility index (Phi) is 5.84. The van der Waals surface area contributed by atoms with E-state index < -0.39 is 15.3 Å². The van der Waals surface area contributed by atoms with Crippen LogP contribution in [0.15, 0.2) is 24.3 Å². The van der Waals surface area contributed by atoms with E-state index in [9.17, 15) is 8.42 Å². The number of hydroxylamine groups is 2. The van der Waals surface area contributed by atoms with Crippen molar-refractivity contribution in [3.8, 4) is 0 Å². The first-order valence-electron chi connectivity index (χ1n) is 8.16. The van der Waals surface area contributed by atoms with Crippen molar-refractivity contribution >= 4 is 10.0 Å². The second kappa shape index (κ2) is 7.30. The zero-order chi connectivity index (χ0) is 17.2. The Morgan fingerprint density at radius 3 is 2.35 bits per heavy atom. The zero-order valence-electron chi connectivity index (χ0n) is 14.6. The molecule has 6 heteroatoms. The van der Waals surface area contributed by atoms with Crippen LogP contribution in [0.3, 0.4) is 0 Å². The van der Waals surface area contributed by atoms with Crippen molar-refractivity contribution in [2.45, 2.75) is 44.9 Å². The van der Waals surface area contributed by atoms with Crippen molar-refractivity contribution in [1.29, 1.82) is 0 Å². The summed E-state index contributed by atoms with van der Waals surface area (Å²) in [6.07, 6.45) is 0. The molecule has 5 nitrogen and oxygen atoms in total. The molecular formula is C17H28N2O3S. The maximum atomic E-state index is 12.6. The molecule has 0 amide bonds. The van der Waals surface area contributed by atoms with Crippen LogP contribution in [0.25, 0.3) is 0 Å². The maximum Gasteiger partial charge on any atom is 0.218 e. The van der Waals surface area contributed by atoms with E-state index in [2.05, 4.69) is 30.7 Å². The van der Waals surface area contributed by atoms with E-state index >= 15 is 0 Å². The van der Waals surface area contributed by atoms with Gasteiger partial charge in [0.05, 0.1) is 12.6 Å². The van der Waals surface area contributed by atoms with Gasteiger partial charge in [-0.2, -0.15) is 5.06 Å². The molecule has 23 heavy (non-hydrogen) atoms. The molecule has 0 bridgehead atoms. The van der Waals surface area contributed by atoms with Crippen molar-refractivity contribution in [3.63, 3.8) is 0 Å². The Balaban J connectivity index is 2.24. The van der Waals surface area contributed by atoms with Gasteiger partial charge in [-0.15, -0.1) is 0 Å². The lowest BCUT2D eigenvalue weighted by Gasteiger charge is -2.24. The first kappa shape index (κ1) is 18.4. The summed E-state index contributed by atoms with van der Waals surface area (Å²) in [5.41, 5.74) is 2.21. The molecule has 0 aliphatic carbocycles. The van der Waals surface area contributed by atoms with E-state index in [0.717, 1.165) is 5.56 Å². The van der Waals surface area contributed by atoms with E-state index in [1.165, 1.54) is 5.56 Å². The van der Waals surface area contributed by atoms with Crippen LogP contribution in [0.5, 0.6) is 0 Å². The highest BCUT2D eigenvalue weighted by molar-refractivity contribution is 7.90. The van der Waals surface area contributed by atoms with Crippen molar-refractivity contribution in [2.75, 3.05) is 20.2 Å². The van der Waals surface area contributed by atoms with Crippen LogP contribution >= 0.6 is 0 Å². The molecule has 1 fully saturated rings. The van der Waals surface area contributed by atoms with Crippen molar-refractivity contribution in [1.82, 2.24) is 9.79 Å². The monoisotopic (exact) mass is 340 g/mol. The average Bonchev–Trinajstić information content (AvgIpc) is 2.88. The van der Waals surface area contributed by atoms with Crippen molar-refractivity contribution < 1.29 is 13.3 Å². The number of sulfonamides is 1. The molecule has 0 saturated carbocycles. The summed E-state index contributed by atoms with van der Waals surface area (Å²) >= 11 is 0. The molecule has 1 aliphatic rings. The molecule has 2 rings (SSSR count). The first-order valence-corrected chi connectivity index (χ1v) is 9.71. The fourth-order valence-electron chi connectivity index (χ4n) is 2.75. The minimum Gasteiger partial charge on any atom is -0.297 e. The number of hydrogen-bond acceptors (Lipinski definition) is 4. The topological polar surface area (TPSA) is 58.6 Å². The van der Waals surface area contributed by atoms with Gasteiger partial charge in [-0.1, -0.05) is 52.0 Å². The predicted molar refractivity (Wildman–Crippen MR) is 92.5 cm³/mol. The Morgan fingerprint density at radius 1 is 1.22 bits per heavy atom. The lowest BCUT2D eigenvalue weighted by Crippen LogP contribution is -2.40. The van der Waals surface area contributed by atoms with Crippen molar-refractivity contribution in [2.24, 2.45) is 5.92 Å². The van der Waals surface area contributed by atoms with Crippen LogP contribution in [-0.2, 0) is 14.9 Å². The third-order valence-corrected chi connectivity index (χ3v) is 5.98. The quantitative estimate of drug-likeness (QED) is 0.865. The highest BCUT2D eigenvalue weighted by Crippen LogP contribution is 2.33. The summed E-state index contributed by atoms with van der Waals surface area (Å²) in [6.45, 7) is 8.89. The molecule has 1 heterocycles. The Hall–Kier alpha value is -0.950. The van der Waals surface area contributed by atoms with Gasteiger partial charge in [0.1, 0.15) is 5.25 Å². The summed E-state index contributed by atoms with van der Waals surface area (Å²) in [5.74, 6) is 0.724. The third kappa shape index (κ3) is 4.32. The minimum atomic E-state index is -3.43. The van der Waals surface area contributed by atoms with Gasteiger partial charge in [-0.3, -0.25) is 4.84 Å². The second-order valence-electron chi connectivity index (χ2n) is 6.93. The Morgan fingerprint density at radius 2 is 1.83 bits per heavy atom. The molecule has 1 N–H and O–H groups in total. The molecule has 1 aliphatic heterocycles. The van der Waals surface area contributed by atoms with Crippen molar-refractivity contribution in [3.05, 3.63) is 35.4 Å². The lowest BCUT2D eigenvalue weighted by atomic mass is 9.98. The van der Waals surface area contributed by atoms with E-state index in [-0.39, 0.29) is 18.6 Å². The molecule has 0 spiro atoms. The Bertz CT molecular complexity index is 611. The number of rotatable bonds is 6. The Labute approximate surface area is 140 Å². The van der Waals surface area contributed by atoms with E-state index in [0.29, 0.717) is 12.5 Å².